The highest BCUT2D eigenvalue weighted by Crippen LogP contribution is 2.27. The molecule has 0 radical (unpaired) electrons. The second-order valence-electron chi connectivity index (χ2n) is 6.30. The van der Waals surface area contributed by atoms with Crippen LogP contribution in [0.25, 0.3) is 11.3 Å². The molecule has 21 heavy (non-hydrogen) atoms. The van der Waals surface area contributed by atoms with Crippen molar-refractivity contribution in [2.75, 3.05) is 18.6 Å². The molecule has 0 unspecified atom stereocenters. The molecule has 2 aromatic rings. The van der Waals surface area contributed by atoms with Crippen LogP contribution in [-0.2, 0) is 11.3 Å². The van der Waals surface area contributed by atoms with Crippen molar-refractivity contribution < 1.29 is 4.74 Å². The zero-order valence-electron chi connectivity index (χ0n) is 12.8. The summed E-state index contributed by atoms with van der Waals surface area (Å²) in [5, 5.41) is 4.36. The number of ether oxygens (including phenoxy) is 1. The third-order valence-electron chi connectivity index (χ3n) is 2.95. The quantitative estimate of drug-likeness (QED) is 0.624. The van der Waals surface area contributed by atoms with E-state index in [0.717, 1.165) is 22.0 Å². The summed E-state index contributed by atoms with van der Waals surface area (Å²) in [6, 6.07) is 8.08. The fourth-order valence-corrected chi connectivity index (χ4v) is 3.21. The predicted molar refractivity (Wildman–Crippen MR) is 93.9 cm³/mol. The van der Waals surface area contributed by atoms with Crippen molar-refractivity contribution in [1.29, 1.82) is 0 Å². The summed E-state index contributed by atoms with van der Waals surface area (Å²) in [6.45, 7) is 8.26. The van der Waals surface area contributed by atoms with Gasteiger partial charge in [-0.05, 0) is 12.1 Å². The third kappa shape index (κ3) is 4.69. The number of hydrogen-bond donors (Lipinski definition) is 1. The Kier molecular flexibility index (Phi) is 5.24. The first-order valence-corrected chi connectivity index (χ1v) is 11.5. The van der Waals surface area contributed by atoms with Crippen LogP contribution in [0.3, 0.4) is 0 Å². The number of halogens is 1. The van der Waals surface area contributed by atoms with Gasteiger partial charge in [0, 0.05) is 16.3 Å². The summed E-state index contributed by atoms with van der Waals surface area (Å²) in [5.74, 6) is 0. The summed E-state index contributed by atoms with van der Waals surface area (Å²) < 4.78 is 8.72. The topological polar surface area (TPSA) is 53.1 Å². The van der Waals surface area contributed by atoms with Gasteiger partial charge < -0.3 is 10.5 Å². The first kappa shape index (κ1) is 16.3. The first-order valence-electron chi connectivity index (χ1n) is 7.02. The van der Waals surface area contributed by atoms with E-state index in [1.165, 1.54) is 0 Å². The number of aromatic nitrogens is 2. The largest absolute Gasteiger partial charge is 0.396 e. The molecule has 0 fully saturated rings. The van der Waals surface area contributed by atoms with Crippen LogP contribution in [0.2, 0.25) is 19.6 Å². The number of anilines is 1. The maximum absolute atomic E-state index is 6.06. The van der Waals surface area contributed by atoms with E-state index in [9.17, 15) is 0 Å². The number of hydrogen-bond acceptors (Lipinski definition) is 3. The van der Waals surface area contributed by atoms with E-state index in [1.54, 1.807) is 6.20 Å². The standard InChI is InChI=1S/C15H22BrN3OSi/c1-21(2,3)11-20-8-7-19-15(14(17)10-18-19)12-5-4-6-13(16)9-12/h4-6,9-10H,7-8,11,17H2,1-3H3. The molecular formula is C15H22BrN3OSi. The second kappa shape index (κ2) is 6.77. The van der Waals surface area contributed by atoms with Gasteiger partial charge in [-0.25, -0.2) is 0 Å². The van der Waals surface area contributed by atoms with Crippen molar-refractivity contribution in [1.82, 2.24) is 9.78 Å². The zero-order valence-corrected chi connectivity index (χ0v) is 15.4. The van der Waals surface area contributed by atoms with Gasteiger partial charge >= 0.3 is 0 Å². The molecule has 2 rings (SSSR count). The molecule has 1 heterocycles. The summed E-state index contributed by atoms with van der Waals surface area (Å²) in [6.07, 6.45) is 2.57. The third-order valence-corrected chi connectivity index (χ3v) is 4.51. The highest BCUT2D eigenvalue weighted by atomic mass is 79.9. The normalized spacial score (nSPS) is 11.8. The van der Waals surface area contributed by atoms with E-state index >= 15 is 0 Å². The molecule has 1 aromatic carbocycles. The highest BCUT2D eigenvalue weighted by Gasteiger charge is 2.14. The van der Waals surface area contributed by atoms with E-state index in [4.69, 9.17) is 10.5 Å². The molecule has 114 valence electrons. The Labute approximate surface area is 135 Å². The van der Waals surface area contributed by atoms with Crippen molar-refractivity contribution in [2.45, 2.75) is 26.2 Å². The van der Waals surface area contributed by atoms with Crippen molar-refractivity contribution in [3.05, 3.63) is 34.9 Å². The lowest BCUT2D eigenvalue weighted by atomic mass is 10.1. The smallest absolute Gasteiger partial charge is 0.0913 e. The molecule has 1 aromatic heterocycles. The van der Waals surface area contributed by atoms with Crippen LogP contribution in [0.4, 0.5) is 5.69 Å². The van der Waals surface area contributed by atoms with Crippen LogP contribution in [0.15, 0.2) is 34.9 Å². The molecule has 0 spiro atoms. The Morgan fingerprint density at radius 2 is 2.10 bits per heavy atom. The van der Waals surface area contributed by atoms with E-state index in [2.05, 4.69) is 40.7 Å². The number of rotatable bonds is 6. The fourth-order valence-electron chi connectivity index (χ4n) is 2.05. The van der Waals surface area contributed by atoms with Gasteiger partial charge in [0.25, 0.3) is 0 Å². The van der Waals surface area contributed by atoms with Crippen molar-refractivity contribution in [3.63, 3.8) is 0 Å². The van der Waals surface area contributed by atoms with Crippen LogP contribution in [-0.4, -0.2) is 30.7 Å². The molecule has 4 nitrogen and oxygen atoms in total. The lowest BCUT2D eigenvalue weighted by Gasteiger charge is -2.16. The Balaban J connectivity index is 2.08. The fraction of sp³-hybridized carbons (Fsp3) is 0.400. The molecule has 0 aliphatic heterocycles. The Morgan fingerprint density at radius 1 is 1.33 bits per heavy atom. The average molecular weight is 368 g/mol. The molecule has 0 atom stereocenters. The Hall–Kier alpha value is -1.11. The molecule has 2 N–H and O–H groups in total. The lowest BCUT2D eigenvalue weighted by Crippen LogP contribution is -2.29. The minimum atomic E-state index is -1.16. The summed E-state index contributed by atoms with van der Waals surface area (Å²) in [4.78, 5) is 0. The monoisotopic (exact) mass is 367 g/mol. The maximum Gasteiger partial charge on any atom is 0.0913 e. The van der Waals surface area contributed by atoms with Gasteiger partial charge in [-0.15, -0.1) is 0 Å². The van der Waals surface area contributed by atoms with Gasteiger partial charge in [-0.3, -0.25) is 4.68 Å². The molecular weight excluding hydrogens is 346 g/mol. The summed E-state index contributed by atoms with van der Waals surface area (Å²) >= 11 is 3.49. The van der Waals surface area contributed by atoms with E-state index in [1.807, 2.05) is 28.9 Å². The maximum atomic E-state index is 6.06. The zero-order chi connectivity index (χ0) is 15.5. The van der Waals surface area contributed by atoms with Gasteiger partial charge in [0.05, 0.1) is 38.8 Å². The summed E-state index contributed by atoms with van der Waals surface area (Å²) in [5.41, 5.74) is 8.77. The van der Waals surface area contributed by atoms with Crippen molar-refractivity contribution in [2.24, 2.45) is 0 Å². The lowest BCUT2D eigenvalue weighted by molar-refractivity contribution is 0.160. The molecule has 0 bridgehead atoms. The van der Waals surface area contributed by atoms with Crippen molar-refractivity contribution >= 4 is 29.7 Å². The molecule has 6 heteroatoms. The van der Waals surface area contributed by atoms with Crippen LogP contribution in [0, 0.1) is 0 Å². The van der Waals surface area contributed by atoms with E-state index < -0.39 is 8.07 Å². The highest BCUT2D eigenvalue weighted by molar-refractivity contribution is 9.10. The Morgan fingerprint density at radius 3 is 2.76 bits per heavy atom. The van der Waals surface area contributed by atoms with Gasteiger partial charge in [-0.2, -0.15) is 5.10 Å². The van der Waals surface area contributed by atoms with E-state index in [-0.39, 0.29) is 0 Å². The predicted octanol–water partition coefficient (Wildman–Crippen LogP) is 3.79. The molecule has 0 saturated carbocycles. The minimum absolute atomic E-state index is 0.659. The van der Waals surface area contributed by atoms with Crippen LogP contribution < -0.4 is 5.73 Å². The van der Waals surface area contributed by atoms with E-state index in [0.29, 0.717) is 18.8 Å². The number of nitrogens with two attached hydrogens (primary N) is 1. The minimum Gasteiger partial charge on any atom is -0.396 e. The van der Waals surface area contributed by atoms with Gasteiger partial charge in [0.15, 0.2) is 0 Å². The SMILES string of the molecule is C[Si](C)(C)COCCn1ncc(N)c1-c1cccc(Br)c1. The van der Waals surface area contributed by atoms with Crippen LogP contribution >= 0.6 is 15.9 Å². The number of benzene rings is 1. The number of nitrogen functional groups attached to an aromatic ring is 1. The van der Waals surface area contributed by atoms with Gasteiger partial charge in [-0.1, -0.05) is 47.7 Å². The molecule has 0 aliphatic carbocycles. The molecule has 0 aliphatic rings. The Bertz CT molecular complexity index is 607. The summed E-state index contributed by atoms with van der Waals surface area (Å²) in [7, 11) is -1.16. The molecule has 0 saturated heterocycles. The van der Waals surface area contributed by atoms with Crippen LogP contribution in [0.5, 0.6) is 0 Å². The van der Waals surface area contributed by atoms with Crippen molar-refractivity contribution in [3.8, 4) is 11.3 Å². The molecule has 0 amide bonds. The average Bonchev–Trinajstić information content (AvgIpc) is 2.75. The first-order chi connectivity index (χ1) is 9.87. The van der Waals surface area contributed by atoms with Gasteiger partial charge in [0.1, 0.15) is 0 Å². The number of nitrogens with zero attached hydrogens (tertiary/aromatic N) is 2. The second-order valence-corrected chi connectivity index (χ2v) is 12.6. The van der Waals surface area contributed by atoms with Crippen LogP contribution in [0.1, 0.15) is 0 Å². The van der Waals surface area contributed by atoms with Gasteiger partial charge in [0.2, 0.25) is 0 Å².